The van der Waals surface area contributed by atoms with Crippen LogP contribution < -0.4 is 0 Å². The van der Waals surface area contributed by atoms with Gasteiger partial charge in [0.05, 0.1) is 11.2 Å². The number of phenols is 1. The molecule has 1 aromatic heterocycles. The Morgan fingerprint density at radius 2 is 1.71 bits per heavy atom. The van der Waals surface area contributed by atoms with Crippen molar-refractivity contribution in [3.8, 4) is 5.75 Å². The number of aromatic hydroxyl groups is 1. The van der Waals surface area contributed by atoms with Gasteiger partial charge in [0.25, 0.3) is 0 Å². The van der Waals surface area contributed by atoms with Crippen LogP contribution in [0.15, 0.2) is 47.3 Å². The monoisotopic (exact) mass is 339 g/mol. The highest BCUT2D eigenvalue weighted by Gasteiger charge is 2.19. The van der Waals surface area contributed by atoms with E-state index in [1.807, 2.05) is 29.8 Å². The van der Waals surface area contributed by atoms with Crippen LogP contribution in [0.4, 0.5) is 0 Å². The van der Waals surface area contributed by atoms with Crippen LogP contribution in [0.2, 0.25) is 0 Å². The zero-order valence-electron chi connectivity index (χ0n) is 13.6. The number of hydrogen-bond acceptors (Lipinski definition) is 5. The lowest BCUT2D eigenvalue weighted by Gasteiger charge is -2.34. The molecular formula is C19H21N3OS. The molecule has 3 aromatic rings. The summed E-state index contributed by atoms with van der Waals surface area (Å²) in [5.41, 5.74) is 4.11. The van der Waals surface area contributed by atoms with E-state index in [2.05, 4.69) is 32.3 Å². The molecular weight excluding hydrogens is 318 g/mol. The van der Waals surface area contributed by atoms with Crippen molar-refractivity contribution in [2.75, 3.05) is 26.2 Å². The van der Waals surface area contributed by atoms with E-state index in [1.165, 1.54) is 11.1 Å². The lowest BCUT2D eigenvalue weighted by molar-refractivity contribution is 0.121. The highest BCUT2D eigenvalue weighted by Crippen LogP contribution is 2.28. The highest BCUT2D eigenvalue weighted by atomic mass is 32.1. The molecule has 0 radical (unpaired) electrons. The standard InChI is InChI=1S/C19H21N3OS/c23-19-6-5-15-3-1-2-4-17(15)18(19)12-22-9-7-21(8-10-22)11-16-13-24-14-20-16/h1-6,13-14,23H,7-12H2. The Labute approximate surface area is 146 Å². The molecule has 4 rings (SSSR count). The molecule has 0 saturated carbocycles. The maximum atomic E-state index is 10.3. The van der Waals surface area contributed by atoms with E-state index >= 15 is 0 Å². The van der Waals surface area contributed by atoms with Gasteiger partial charge in [-0.25, -0.2) is 4.98 Å². The first kappa shape index (κ1) is 15.6. The molecule has 1 aliphatic heterocycles. The molecule has 1 N–H and O–H groups in total. The van der Waals surface area contributed by atoms with Gasteiger partial charge in [-0.05, 0) is 16.8 Å². The van der Waals surface area contributed by atoms with E-state index in [0.717, 1.165) is 50.2 Å². The third-order valence-electron chi connectivity index (χ3n) is 4.73. The maximum absolute atomic E-state index is 10.3. The Kier molecular flexibility index (Phi) is 4.47. The van der Waals surface area contributed by atoms with E-state index in [9.17, 15) is 5.11 Å². The number of piperazine rings is 1. The minimum Gasteiger partial charge on any atom is -0.508 e. The summed E-state index contributed by atoms with van der Waals surface area (Å²) < 4.78 is 0. The van der Waals surface area contributed by atoms with Crippen molar-refractivity contribution >= 4 is 22.1 Å². The van der Waals surface area contributed by atoms with Gasteiger partial charge in [0, 0.05) is 50.2 Å². The lowest BCUT2D eigenvalue weighted by Crippen LogP contribution is -2.45. The van der Waals surface area contributed by atoms with Crippen molar-refractivity contribution in [1.29, 1.82) is 0 Å². The molecule has 0 unspecified atom stereocenters. The molecule has 24 heavy (non-hydrogen) atoms. The topological polar surface area (TPSA) is 39.6 Å². The normalized spacial score (nSPS) is 16.7. The molecule has 0 spiro atoms. The first-order chi connectivity index (χ1) is 11.8. The Balaban J connectivity index is 1.43. The summed E-state index contributed by atoms with van der Waals surface area (Å²) in [5, 5.41) is 14.8. The summed E-state index contributed by atoms with van der Waals surface area (Å²) in [4.78, 5) is 9.26. The molecule has 2 heterocycles. The number of benzene rings is 2. The minimum absolute atomic E-state index is 0.401. The number of thiazole rings is 1. The molecule has 5 heteroatoms. The van der Waals surface area contributed by atoms with Gasteiger partial charge >= 0.3 is 0 Å². The van der Waals surface area contributed by atoms with Crippen molar-refractivity contribution in [2.45, 2.75) is 13.1 Å². The van der Waals surface area contributed by atoms with Crippen molar-refractivity contribution in [1.82, 2.24) is 14.8 Å². The van der Waals surface area contributed by atoms with Crippen LogP contribution in [0, 0.1) is 0 Å². The zero-order chi connectivity index (χ0) is 16.4. The third kappa shape index (κ3) is 3.29. The molecule has 124 valence electrons. The molecule has 1 saturated heterocycles. The third-order valence-corrected chi connectivity index (χ3v) is 5.37. The molecule has 4 nitrogen and oxygen atoms in total. The van der Waals surface area contributed by atoms with E-state index in [-0.39, 0.29) is 0 Å². The molecule has 0 aliphatic carbocycles. The van der Waals surface area contributed by atoms with E-state index < -0.39 is 0 Å². The summed E-state index contributed by atoms with van der Waals surface area (Å²) in [6.07, 6.45) is 0. The van der Waals surface area contributed by atoms with Crippen LogP contribution in [0.25, 0.3) is 10.8 Å². The van der Waals surface area contributed by atoms with Gasteiger partial charge in [-0.3, -0.25) is 9.80 Å². The van der Waals surface area contributed by atoms with Crippen LogP contribution >= 0.6 is 11.3 Å². The number of fused-ring (bicyclic) bond motifs is 1. The SMILES string of the molecule is Oc1ccc2ccccc2c1CN1CCN(Cc2cscn2)CC1. The second-order valence-corrected chi connectivity index (χ2v) is 7.04. The number of phenolic OH excluding ortho intramolecular Hbond substituents is 1. The smallest absolute Gasteiger partial charge is 0.120 e. The second-order valence-electron chi connectivity index (χ2n) is 6.32. The van der Waals surface area contributed by atoms with Gasteiger partial charge in [0.1, 0.15) is 5.75 Å². The number of nitrogens with zero attached hydrogens (tertiary/aromatic N) is 3. The predicted octanol–water partition coefficient (Wildman–Crippen LogP) is 3.32. The summed E-state index contributed by atoms with van der Waals surface area (Å²) in [7, 11) is 0. The lowest BCUT2D eigenvalue weighted by atomic mass is 10.0. The van der Waals surface area contributed by atoms with Crippen LogP contribution in [-0.4, -0.2) is 46.1 Å². The first-order valence-corrected chi connectivity index (χ1v) is 9.25. The molecule has 0 bridgehead atoms. The van der Waals surface area contributed by atoms with Gasteiger partial charge < -0.3 is 5.11 Å². The fraction of sp³-hybridized carbons (Fsp3) is 0.316. The number of hydrogen-bond donors (Lipinski definition) is 1. The zero-order valence-corrected chi connectivity index (χ0v) is 14.4. The average Bonchev–Trinajstić information content (AvgIpc) is 3.12. The summed E-state index contributed by atoms with van der Waals surface area (Å²) in [6.45, 7) is 5.88. The number of aromatic nitrogens is 1. The van der Waals surface area contributed by atoms with Crippen LogP contribution in [-0.2, 0) is 13.1 Å². The summed E-state index contributed by atoms with van der Waals surface area (Å²) >= 11 is 1.66. The van der Waals surface area contributed by atoms with Crippen molar-refractivity contribution in [3.63, 3.8) is 0 Å². The van der Waals surface area contributed by atoms with Gasteiger partial charge in [-0.15, -0.1) is 11.3 Å². The molecule has 0 amide bonds. The van der Waals surface area contributed by atoms with E-state index in [1.54, 1.807) is 11.3 Å². The summed E-state index contributed by atoms with van der Waals surface area (Å²) in [5.74, 6) is 0.401. The molecule has 1 fully saturated rings. The van der Waals surface area contributed by atoms with Crippen molar-refractivity contribution in [2.24, 2.45) is 0 Å². The number of rotatable bonds is 4. The average molecular weight is 339 g/mol. The molecule has 1 aliphatic rings. The van der Waals surface area contributed by atoms with Crippen LogP contribution in [0.1, 0.15) is 11.3 Å². The Bertz CT molecular complexity index is 811. The van der Waals surface area contributed by atoms with Crippen molar-refractivity contribution < 1.29 is 5.11 Å². The maximum Gasteiger partial charge on any atom is 0.120 e. The highest BCUT2D eigenvalue weighted by molar-refractivity contribution is 7.07. The Morgan fingerprint density at radius 3 is 2.46 bits per heavy atom. The fourth-order valence-corrected chi connectivity index (χ4v) is 3.91. The molecule has 0 atom stereocenters. The van der Waals surface area contributed by atoms with Gasteiger partial charge in [-0.1, -0.05) is 30.3 Å². The summed E-state index contributed by atoms with van der Waals surface area (Å²) in [6, 6.07) is 12.1. The van der Waals surface area contributed by atoms with Crippen molar-refractivity contribution in [3.05, 3.63) is 58.5 Å². The predicted molar refractivity (Wildman–Crippen MR) is 98.3 cm³/mol. The second kappa shape index (κ2) is 6.89. The van der Waals surface area contributed by atoms with Crippen LogP contribution in [0.3, 0.4) is 0 Å². The van der Waals surface area contributed by atoms with Gasteiger partial charge in [0.15, 0.2) is 0 Å². The molecule has 2 aromatic carbocycles. The fourth-order valence-electron chi connectivity index (χ4n) is 3.36. The minimum atomic E-state index is 0.401. The van der Waals surface area contributed by atoms with Crippen LogP contribution in [0.5, 0.6) is 5.75 Å². The van der Waals surface area contributed by atoms with E-state index in [4.69, 9.17) is 0 Å². The largest absolute Gasteiger partial charge is 0.508 e. The Hall–Kier alpha value is -1.95. The van der Waals surface area contributed by atoms with E-state index in [0.29, 0.717) is 5.75 Å². The first-order valence-electron chi connectivity index (χ1n) is 8.31. The quantitative estimate of drug-likeness (QED) is 0.791. The van der Waals surface area contributed by atoms with Gasteiger partial charge in [-0.2, -0.15) is 0 Å². The van der Waals surface area contributed by atoms with Gasteiger partial charge in [0.2, 0.25) is 0 Å². The Morgan fingerprint density at radius 1 is 0.958 bits per heavy atom.